The molecule has 0 amide bonds. The van der Waals surface area contributed by atoms with Crippen molar-refractivity contribution in [1.29, 1.82) is 0 Å². The van der Waals surface area contributed by atoms with Crippen molar-refractivity contribution in [2.75, 3.05) is 0 Å². The van der Waals surface area contributed by atoms with Crippen molar-refractivity contribution in [3.8, 4) is 44.5 Å². The molecule has 8 aromatic carbocycles. The molecule has 0 spiro atoms. The Morgan fingerprint density at radius 1 is 0.378 bits per heavy atom. The lowest BCUT2D eigenvalue weighted by molar-refractivity contribution is 0.670. The van der Waals surface area contributed by atoms with E-state index in [0.717, 1.165) is 76.9 Å². The van der Waals surface area contributed by atoms with Crippen LogP contribution in [0.3, 0.4) is 0 Å². The number of furan rings is 1. The fourth-order valence-electron chi connectivity index (χ4n) is 6.76. The Hall–Kier alpha value is -5.92. The van der Waals surface area contributed by atoms with E-state index in [-0.39, 0.29) is 29.7 Å². The summed E-state index contributed by atoms with van der Waals surface area (Å²) in [6.07, 6.45) is 0. The molecule has 1 aromatic heterocycles. The minimum absolute atomic E-state index is 0.204. The summed E-state index contributed by atoms with van der Waals surface area (Å²) in [5, 5.41) is 5.52. The fraction of sp³-hybridized carbons (Fsp3) is 0. The molecule has 1 heteroatoms. The van der Waals surface area contributed by atoms with Gasteiger partial charge >= 0.3 is 0 Å². The zero-order valence-electron chi connectivity index (χ0n) is 29.2. The van der Waals surface area contributed by atoms with E-state index in [0.29, 0.717) is 5.56 Å². The number of hydrogen-bond donors (Lipinski definition) is 0. The second kappa shape index (κ2) is 10.4. The topological polar surface area (TPSA) is 13.1 Å². The summed E-state index contributed by atoms with van der Waals surface area (Å²) < 4.78 is 49.3. The quantitative estimate of drug-likeness (QED) is 0.190. The fourth-order valence-corrected chi connectivity index (χ4v) is 6.76. The zero-order chi connectivity index (χ0) is 34.1. The summed E-state index contributed by atoms with van der Waals surface area (Å²) in [6, 6.07) is 45.8. The molecule has 0 N–H and O–H groups in total. The van der Waals surface area contributed by atoms with E-state index in [1.807, 2.05) is 60.7 Å². The van der Waals surface area contributed by atoms with Crippen LogP contribution in [-0.2, 0) is 0 Å². The van der Waals surface area contributed by atoms with Crippen LogP contribution in [0.15, 0.2) is 174 Å². The van der Waals surface area contributed by atoms with Gasteiger partial charge in [-0.05, 0) is 78.7 Å². The van der Waals surface area contributed by atoms with Gasteiger partial charge in [0.15, 0.2) is 0 Å². The molecule has 9 rings (SSSR count). The maximum Gasteiger partial charge on any atom is 0.143 e. The molecule has 0 unspecified atom stereocenters. The molecule has 0 aliphatic heterocycles. The van der Waals surface area contributed by atoms with Gasteiger partial charge in [-0.15, -0.1) is 0 Å². The lowest BCUT2D eigenvalue weighted by Gasteiger charge is -2.17. The molecular formula is C44H28O. The molecule has 0 saturated heterocycles. The van der Waals surface area contributed by atoms with Crippen LogP contribution < -0.4 is 0 Å². The SMILES string of the molecule is [2H]c1c([2H])c([2H])c(-c2c3ccccc3c(-c3ccc4oc5c(-c6cccc(-c7ccccc7)c6)cccc5c4c3)c3ccccc23)c([2H])c1[2H]. The monoisotopic (exact) mass is 577 g/mol. The molecule has 0 atom stereocenters. The lowest BCUT2D eigenvalue weighted by Crippen LogP contribution is -1.90. The third-order valence-electron chi connectivity index (χ3n) is 8.75. The van der Waals surface area contributed by atoms with Crippen LogP contribution in [0, 0.1) is 0 Å². The van der Waals surface area contributed by atoms with E-state index in [1.165, 1.54) is 0 Å². The molecular weight excluding hydrogens is 544 g/mol. The number of fused-ring (bicyclic) bond motifs is 5. The molecule has 0 aliphatic rings. The predicted octanol–water partition coefficient (Wildman–Crippen LogP) is 12.6. The van der Waals surface area contributed by atoms with E-state index in [1.54, 1.807) is 0 Å². The largest absolute Gasteiger partial charge is 0.455 e. The van der Waals surface area contributed by atoms with Crippen molar-refractivity contribution in [3.05, 3.63) is 170 Å². The molecule has 45 heavy (non-hydrogen) atoms. The van der Waals surface area contributed by atoms with Crippen LogP contribution in [-0.4, -0.2) is 0 Å². The van der Waals surface area contributed by atoms with E-state index >= 15 is 0 Å². The van der Waals surface area contributed by atoms with Crippen molar-refractivity contribution >= 4 is 43.5 Å². The van der Waals surface area contributed by atoms with Crippen LogP contribution in [0.5, 0.6) is 0 Å². The molecule has 9 aromatic rings. The molecule has 0 bridgehead atoms. The van der Waals surface area contributed by atoms with Crippen LogP contribution in [0.1, 0.15) is 6.85 Å². The lowest BCUT2D eigenvalue weighted by atomic mass is 9.86. The molecule has 0 radical (unpaired) electrons. The molecule has 210 valence electrons. The van der Waals surface area contributed by atoms with Gasteiger partial charge < -0.3 is 4.42 Å². The molecule has 1 heterocycles. The van der Waals surface area contributed by atoms with Gasteiger partial charge in [0.05, 0.1) is 6.85 Å². The van der Waals surface area contributed by atoms with Crippen molar-refractivity contribution in [3.63, 3.8) is 0 Å². The van der Waals surface area contributed by atoms with Crippen LogP contribution in [0.4, 0.5) is 0 Å². The summed E-state index contributed by atoms with van der Waals surface area (Å²) in [5.41, 5.74) is 8.87. The Balaban J connectivity index is 1.28. The third-order valence-corrected chi connectivity index (χ3v) is 8.75. The first kappa shape index (κ1) is 20.9. The molecule has 0 aliphatic carbocycles. The highest BCUT2D eigenvalue weighted by Crippen LogP contribution is 2.45. The Labute approximate surface area is 268 Å². The summed E-state index contributed by atoms with van der Waals surface area (Å²) >= 11 is 0. The maximum atomic E-state index is 8.84. The first-order chi connectivity index (χ1) is 24.4. The number of rotatable bonds is 4. The highest BCUT2D eigenvalue weighted by atomic mass is 16.3. The normalized spacial score (nSPS) is 13.1. The molecule has 1 nitrogen and oxygen atoms in total. The second-order valence-corrected chi connectivity index (χ2v) is 11.3. The minimum Gasteiger partial charge on any atom is -0.455 e. The van der Waals surface area contributed by atoms with Crippen molar-refractivity contribution in [1.82, 2.24) is 0 Å². The van der Waals surface area contributed by atoms with Crippen LogP contribution >= 0.6 is 0 Å². The van der Waals surface area contributed by atoms with E-state index in [2.05, 4.69) is 78.9 Å². The maximum absolute atomic E-state index is 8.84. The number of hydrogen-bond acceptors (Lipinski definition) is 1. The summed E-state index contributed by atoms with van der Waals surface area (Å²) in [6.45, 7) is 0. The Morgan fingerprint density at radius 3 is 1.67 bits per heavy atom. The van der Waals surface area contributed by atoms with E-state index in [9.17, 15) is 0 Å². The Bertz CT molecular complexity index is 2730. The van der Waals surface area contributed by atoms with Gasteiger partial charge in [-0.1, -0.05) is 152 Å². The number of para-hydroxylation sites is 1. The van der Waals surface area contributed by atoms with Crippen molar-refractivity contribution in [2.45, 2.75) is 0 Å². The summed E-state index contributed by atoms with van der Waals surface area (Å²) in [4.78, 5) is 0. The zero-order valence-corrected chi connectivity index (χ0v) is 24.2. The number of benzene rings is 8. The van der Waals surface area contributed by atoms with Gasteiger partial charge in [-0.3, -0.25) is 0 Å². The second-order valence-electron chi connectivity index (χ2n) is 11.3. The van der Waals surface area contributed by atoms with E-state index < -0.39 is 6.04 Å². The van der Waals surface area contributed by atoms with Gasteiger partial charge in [0.2, 0.25) is 0 Å². The standard InChI is InChI=1S/C44H28O/c1-3-13-29(14-4-1)31-17-11-18-32(27-31)34-23-12-24-39-40-28-33(25-26-41(40)45-44(34)39)43-37-21-9-7-19-35(37)42(30-15-5-2-6-16-30)36-20-8-10-22-38(36)43/h1-28H/i2D,5D,6D,15D,16D. The van der Waals surface area contributed by atoms with Gasteiger partial charge in [0.25, 0.3) is 0 Å². The van der Waals surface area contributed by atoms with Crippen molar-refractivity contribution in [2.24, 2.45) is 0 Å². The average molecular weight is 578 g/mol. The van der Waals surface area contributed by atoms with Gasteiger partial charge in [-0.25, -0.2) is 0 Å². The van der Waals surface area contributed by atoms with Crippen LogP contribution in [0.2, 0.25) is 0 Å². The van der Waals surface area contributed by atoms with Gasteiger partial charge in [0.1, 0.15) is 11.2 Å². The Kier molecular flexibility index (Phi) is 4.81. The predicted molar refractivity (Wildman–Crippen MR) is 190 cm³/mol. The van der Waals surface area contributed by atoms with Gasteiger partial charge in [-0.2, -0.15) is 0 Å². The van der Waals surface area contributed by atoms with E-state index in [4.69, 9.17) is 11.3 Å². The van der Waals surface area contributed by atoms with Gasteiger partial charge in [0, 0.05) is 16.3 Å². The summed E-state index contributed by atoms with van der Waals surface area (Å²) in [7, 11) is 0. The van der Waals surface area contributed by atoms with Crippen LogP contribution in [0.25, 0.3) is 88.0 Å². The highest BCUT2D eigenvalue weighted by molar-refractivity contribution is 6.22. The smallest absolute Gasteiger partial charge is 0.143 e. The summed E-state index contributed by atoms with van der Waals surface area (Å²) in [5.74, 6) is 0. The van der Waals surface area contributed by atoms with Crippen molar-refractivity contribution < 1.29 is 11.3 Å². The molecule has 0 fully saturated rings. The first-order valence-corrected chi connectivity index (χ1v) is 15.0. The molecule has 0 saturated carbocycles. The Morgan fingerprint density at radius 2 is 0.956 bits per heavy atom. The highest BCUT2D eigenvalue weighted by Gasteiger charge is 2.18. The third kappa shape index (κ3) is 4.17. The average Bonchev–Trinajstić information content (AvgIpc) is 3.55. The first-order valence-electron chi connectivity index (χ1n) is 17.5. The minimum atomic E-state index is -0.401.